The van der Waals surface area contributed by atoms with Crippen molar-refractivity contribution in [1.82, 2.24) is 4.98 Å². The van der Waals surface area contributed by atoms with Gasteiger partial charge in [0.1, 0.15) is 28.6 Å². The van der Waals surface area contributed by atoms with Crippen LogP contribution < -0.4 is 25.3 Å². The number of hydrogen-bond donors (Lipinski definition) is 2. The highest BCUT2D eigenvalue weighted by atomic mass is 19.4. The molecule has 3 rings (SSSR count). The molecule has 0 bridgehead atoms. The average molecular weight is 482 g/mol. The van der Waals surface area contributed by atoms with Gasteiger partial charge in [-0.2, -0.15) is 0 Å². The molecule has 178 valence electrons. The van der Waals surface area contributed by atoms with Gasteiger partial charge in [-0.05, 0) is 48.9 Å². The van der Waals surface area contributed by atoms with Crippen molar-refractivity contribution >= 4 is 17.5 Å². The Kier molecular flexibility index (Phi) is 5.75. The average Bonchev–Trinajstić information content (AvgIpc) is 2.73. The van der Waals surface area contributed by atoms with Crippen molar-refractivity contribution in [3.05, 3.63) is 71.3 Å². The smallest absolute Gasteiger partial charge is 0.493 e. The summed E-state index contributed by atoms with van der Waals surface area (Å²) in [6.07, 6.45) is -3.97. The maximum absolute atomic E-state index is 14.9. The molecular weight excluding hydrogens is 462 g/mol. The summed E-state index contributed by atoms with van der Waals surface area (Å²) in [7, 11) is -3.10. The van der Waals surface area contributed by atoms with E-state index in [0.29, 0.717) is 11.6 Å². The van der Waals surface area contributed by atoms with E-state index in [1.807, 2.05) is 0 Å². The molecule has 3 aromatic rings. The second kappa shape index (κ2) is 9.65. The summed E-state index contributed by atoms with van der Waals surface area (Å²) < 4.78 is 88.6. The van der Waals surface area contributed by atoms with E-state index in [1.54, 1.807) is 0 Å². The molecule has 0 aliphatic carbocycles. The summed E-state index contributed by atoms with van der Waals surface area (Å²) in [5, 5.41) is 2.36. The molecule has 0 aliphatic rings. The van der Waals surface area contributed by atoms with Crippen molar-refractivity contribution in [2.24, 2.45) is 5.73 Å². The number of nitrogens with zero attached hydrogens (tertiary/aromatic N) is 1. The minimum Gasteiger partial charge on any atom is -0.493 e. The van der Waals surface area contributed by atoms with Crippen molar-refractivity contribution in [2.75, 3.05) is 12.4 Å². The van der Waals surface area contributed by atoms with Gasteiger partial charge in [0, 0.05) is 6.07 Å². The molecule has 12 heteroatoms. The second-order valence-electron chi connectivity index (χ2n) is 6.73. The molecule has 0 fully saturated rings. The van der Waals surface area contributed by atoms with E-state index in [1.165, 1.54) is 25.1 Å². The maximum atomic E-state index is 14.9. The van der Waals surface area contributed by atoms with Gasteiger partial charge in [-0.1, -0.05) is 0 Å². The van der Waals surface area contributed by atoms with Crippen LogP contribution in [-0.2, 0) is 0 Å². The fourth-order valence-electron chi connectivity index (χ4n) is 2.79. The van der Waals surface area contributed by atoms with Gasteiger partial charge in [0.2, 0.25) is 0 Å². The number of ether oxygens (including phenoxy) is 3. The number of aromatic nitrogens is 1. The van der Waals surface area contributed by atoms with E-state index in [0.717, 1.165) is 24.4 Å². The third kappa shape index (κ3) is 5.91. The number of nitrogens with one attached hydrogen (secondary N) is 1. The zero-order chi connectivity index (χ0) is 27.5. The lowest BCUT2D eigenvalue weighted by Crippen LogP contribution is -2.17. The predicted octanol–water partition coefficient (Wildman–Crippen LogP) is 4.58. The molecular formula is C22H17F4N3O5. The highest BCUT2D eigenvalue weighted by Gasteiger charge is 2.31. The summed E-state index contributed by atoms with van der Waals surface area (Å²) >= 11 is 0. The van der Waals surface area contributed by atoms with Crippen LogP contribution in [0.1, 0.15) is 30.5 Å². The third-order valence-electron chi connectivity index (χ3n) is 4.18. The van der Waals surface area contributed by atoms with Crippen LogP contribution in [0.15, 0.2) is 48.7 Å². The summed E-state index contributed by atoms with van der Waals surface area (Å²) in [4.78, 5) is 27.8. The number of rotatable bonds is 7. The zero-order valence-corrected chi connectivity index (χ0v) is 17.2. The molecule has 0 aliphatic heterocycles. The summed E-state index contributed by atoms with van der Waals surface area (Å²) in [5.41, 5.74) is 4.77. The molecule has 0 atom stereocenters. The van der Waals surface area contributed by atoms with Gasteiger partial charge in [-0.25, -0.2) is 9.37 Å². The summed E-state index contributed by atoms with van der Waals surface area (Å²) in [5.74, 6) is -5.20. The van der Waals surface area contributed by atoms with Crippen molar-refractivity contribution in [3.63, 3.8) is 0 Å². The first-order valence-electron chi connectivity index (χ1n) is 10.8. The van der Waals surface area contributed by atoms with Gasteiger partial charge >= 0.3 is 6.36 Å². The van der Waals surface area contributed by atoms with Crippen LogP contribution in [0.25, 0.3) is 0 Å². The maximum Gasteiger partial charge on any atom is 0.573 e. The number of carbonyl (C=O) groups excluding carboxylic acids is 2. The highest BCUT2D eigenvalue weighted by molar-refractivity contribution is 6.06. The SMILES string of the molecule is [2H]C([2H])([2H])Oc1cc(OC(F)(F)F)ccc1Oc1cc(C)cc(F)c1C(=O)Nc1ccc(C(N)=O)nc1. The Morgan fingerprint density at radius 2 is 1.85 bits per heavy atom. The Morgan fingerprint density at radius 3 is 2.47 bits per heavy atom. The Hall–Kier alpha value is -4.35. The summed E-state index contributed by atoms with van der Waals surface area (Å²) in [6.45, 7) is 1.48. The number of alkyl halides is 3. The van der Waals surface area contributed by atoms with Gasteiger partial charge in [-0.3, -0.25) is 9.59 Å². The number of aryl methyl sites for hydroxylation is 1. The van der Waals surface area contributed by atoms with E-state index in [4.69, 9.17) is 19.3 Å². The number of primary amides is 1. The number of benzene rings is 2. The van der Waals surface area contributed by atoms with Crippen molar-refractivity contribution in [3.8, 4) is 23.0 Å². The van der Waals surface area contributed by atoms with Gasteiger partial charge in [0.05, 0.1) is 23.0 Å². The molecule has 3 N–H and O–H groups in total. The zero-order valence-electron chi connectivity index (χ0n) is 20.2. The fraction of sp³-hybridized carbons (Fsp3) is 0.136. The van der Waals surface area contributed by atoms with E-state index in [9.17, 15) is 27.2 Å². The van der Waals surface area contributed by atoms with Gasteiger partial charge < -0.3 is 25.3 Å². The van der Waals surface area contributed by atoms with E-state index < -0.39 is 59.6 Å². The number of amides is 2. The second-order valence-corrected chi connectivity index (χ2v) is 6.73. The molecule has 1 heterocycles. The molecule has 0 saturated heterocycles. The van der Waals surface area contributed by atoms with Crippen LogP contribution in [0.5, 0.6) is 23.0 Å². The standard InChI is InChI=1S/C22H17F4N3O5/c1-11-7-14(23)19(21(31)29-12-3-5-15(20(27)30)28-10-12)18(8-11)33-16-6-4-13(9-17(16)32-2)34-22(24,25)26/h3-10H,1-2H3,(H2,27,30)(H,29,31)/i2D3. The minimum absolute atomic E-state index is 0.0704. The van der Waals surface area contributed by atoms with E-state index in [-0.39, 0.29) is 11.4 Å². The van der Waals surface area contributed by atoms with Crippen LogP contribution >= 0.6 is 0 Å². The quantitative estimate of drug-likeness (QED) is 0.477. The summed E-state index contributed by atoms with van der Waals surface area (Å²) in [6, 6.07) is 7.11. The van der Waals surface area contributed by atoms with Crippen LogP contribution in [-0.4, -0.2) is 30.2 Å². The number of hydrogen-bond acceptors (Lipinski definition) is 6. The van der Waals surface area contributed by atoms with Crippen molar-refractivity contribution < 1.29 is 45.5 Å². The lowest BCUT2D eigenvalue weighted by atomic mass is 10.1. The van der Waals surface area contributed by atoms with Gasteiger partial charge in [-0.15, -0.1) is 13.2 Å². The molecule has 34 heavy (non-hydrogen) atoms. The number of halogens is 4. The van der Waals surface area contributed by atoms with E-state index >= 15 is 0 Å². The molecule has 2 aromatic carbocycles. The van der Waals surface area contributed by atoms with Crippen LogP contribution in [0, 0.1) is 12.7 Å². The van der Waals surface area contributed by atoms with Crippen LogP contribution in [0.4, 0.5) is 23.2 Å². The molecule has 8 nitrogen and oxygen atoms in total. The Labute approximate surface area is 194 Å². The Bertz CT molecular complexity index is 1330. The minimum atomic E-state index is -5.07. The first-order valence-corrected chi connectivity index (χ1v) is 9.25. The largest absolute Gasteiger partial charge is 0.573 e. The normalized spacial score (nSPS) is 12.7. The first-order chi connectivity index (χ1) is 17.1. The number of anilines is 1. The lowest BCUT2D eigenvalue weighted by Gasteiger charge is -2.16. The first kappa shape index (κ1) is 20.3. The Morgan fingerprint density at radius 1 is 1.09 bits per heavy atom. The number of pyridine rings is 1. The molecule has 0 radical (unpaired) electrons. The molecule has 0 spiro atoms. The number of methoxy groups -OCH3 is 1. The highest BCUT2D eigenvalue weighted by Crippen LogP contribution is 2.38. The molecule has 0 saturated carbocycles. The van der Waals surface area contributed by atoms with Crippen molar-refractivity contribution in [2.45, 2.75) is 13.3 Å². The lowest BCUT2D eigenvalue weighted by molar-refractivity contribution is -0.274. The number of nitrogens with two attached hydrogens (primary N) is 1. The van der Waals surface area contributed by atoms with E-state index in [2.05, 4.69) is 15.0 Å². The Balaban J connectivity index is 1.99. The predicted molar refractivity (Wildman–Crippen MR) is 112 cm³/mol. The van der Waals surface area contributed by atoms with Crippen molar-refractivity contribution in [1.29, 1.82) is 0 Å². The molecule has 2 amide bonds. The number of carbonyl (C=O) groups is 2. The van der Waals surface area contributed by atoms with Crippen LogP contribution in [0.3, 0.4) is 0 Å². The third-order valence-corrected chi connectivity index (χ3v) is 4.18. The monoisotopic (exact) mass is 482 g/mol. The fourth-order valence-corrected chi connectivity index (χ4v) is 2.79. The molecule has 0 unspecified atom stereocenters. The molecule has 1 aromatic heterocycles. The van der Waals surface area contributed by atoms with Crippen LogP contribution in [0.2, 0.25) is 0 Å². The van der Waals surface area contributed by atoms with Gasteiger partial charge in [0.15, 0.2) is 11.5 Å². The van der Waals surface area contributed by atoms with Gasteiger partial charge in [0.25, 0.3) is 11.8 Å². The topological polar surface area (TPSA) is 113 Å².